The number of rotatable bonds is 3. The fourth-order valence-electron chi connectivity index (χ4n) is 2.64. The first-order valence-corrected chi connectivity index (χ1v) is 8.31. The van der Waals surface area contributed by atoms with Crippen molar-refractivity contribution in [3.8, 4) is 6.07 Å². The number of nitriles is 1. The van der Waals surface area contributed by atoms with E-state index in [1.807, 2.05) is 19.9 Å². The summed E-state index contributed by atoms with van der Waals surface area (Å²) in [5.74, 6) is -1.56. The highest BCUT2D eigenvalue weighted by Gasteiger charge is 2.29. The Balaban J connectivity index is 1.95. The maximum atomic E-state index is 12.4. The average Bonchev–Trinajstić information content (AvgIpc) is 2.61. The summed E-state index contributed by atoms with van der Waals surface area (Å²) >= 11 is 0. The highest BCUT2D eigenvalue weighted by atomic mass is 16.2. The summed E-state index contributed by atoms with van der Waals surface area (Å²) in [6, 6.07) is 8.22. The third-order valence-corrected chi connectivity index (χ3v) is 4.02. The molecule has 1 heterocycles. The molecule has 1 aromatic rings. The summed E-state index contributed by atoms with van der Waals surface area (Å²) < 4.78 is 0. The summed E-state index contributed by atoms with van der Waals surface area (Å²) in [6.45, 7) is 4.43. The predicted octanol–water partition coefficient (Wildman–Crippen LogP) is 1.26. The second kappa shape index (κ2) is 8.29. The fraction of sp³-hybridized carbons (Fsp3) is 0.444. The molecule has 132 valence electrons. The Kier molecular flexibility index (Phi) is 6.12. The lowest BCUT2D eigenvalue weighted by Gasteiger charge is -2.33. The normalized spacial score (nSPS) is 16.9. The van der Waals surface area contributed by atoms with Crippen molar-refractivity contribution in [2.45, 2.75) is 32.7 Å². The minimum absolute atomic E-state index is 0.0583. The van der Waals surface area contributed by atoms with Gasteiger partial charge in [0.05, 0.1) is 11.6 Å². The van der Waals surface area contributed by atoms with Crippen LogP contribution in [0, 0.1) is 17.2 Å². The first-order chi connectivity index (χ1) is 11.9. The van der Waals surface area contributed by atoms with Crippen molar-refractivity contribution in [1.82, 2.24) is 10.2 Å². The molecule has 1 aromatic carbocycles. The highest BCUT2D eigenvalue weighted by molar-refractivity contribution is 6.39. The topological polar surface area (TPSA) is 102 Å². The number of benzene rings is 1. The highest BCUT2D eigenvalue weighted by Crippen LogP contribution is 2.13. The van der Waals surface area contributed by atoms with Gasteiger partial charge in [0.25, 0.3) is 0 Å². The number of likely N-dealkylation sites (tertiary alicyclic amines) is 1. The molecule has 1 saturated heterocycles. The van der Waals surface area contributed by atoms with E-state index in [0.29, 0.717) is 24.3 Å². The number of hydrogen-bond donors (Lipinski definition) is 2. The Bertz CT molecular complexity index is 709. The average molecular weight is 342 g/mol. The lowest BCUT2D eigenvalue weighted by Crippen LogP contribution is -2.52. The van der Waals surface area contributed by atoms with E-state index >= 15 is 0 Å². The van der Waals surface area contributed by atoms with Crippen LogP contribution in [0.25, 0.3) is 0 Å². The molecule has 0 radical (unpaired) electrons. The molecule has 0 aliphatic carbocycles. The van der Waals surface area contributed by atoms with Gasteiger partial charge >= 0.3 is 11.8 Å². The van der Waals surface area contributed by atoms with Gasteiger partial charge in [-0.3, -0.25) is 14.4 Å². The van der Waals surface area contributed by atoms with Gasteiger partial charge in [0.1, 0.15) is 0 Å². The van der Waals surface area contributed by atoms with E-state index in [-0.39, 0.29) is 17.9 Å². The number of nitrogens with zero attached hydrogens (tertiary/aromatic N) is 2. The Morgan fingerprint density at radius 3 is 2.76 bits per heavy atom. The van der Waals surface area contributed by atoms with Crippen LogP contribution in [0.1, 0.15) is 32.3 Å². The summed E-state index contributed by atoms with van der Waals surface area (Å²) in [7, 11) is 0. The molecule has 7 nitrogen and oxygen atoms in total. The minimum Gasteiger partial charge on any atom is -0.351 e. The van der Waals surface area contributed by atoms with Gasteiger partial charge in [-0.25, -0.2) is 0 Å². The number of hydrogen-bond acceptors (Lipinski definition) is 4. The van der Waals surface area contributed by atoms with Gasteiger partial charge in [0.15, 0.2) is 0 Å². The molecule has 1 atom stereocenters. The third kappa shape index (κ3) is 5.05. The van der Waals surface area contributed by atoms with Gasteiger partial charge in [0.2, 0.25) is 5.91 Å². The first-order valence-electron chi connectivity index (χ1n) is 8.31. The van der Waals surface area contributed by atoms with Crippen molar-refractivity contribution in [3.63, 3.8) is 0 Å². The monoisotopic (exact) mass is 342 g/mol. The van der Waals surface area contributed by atoms with Gasteiger partial charge in [-0.2, -0.15) is 5.26 Å². The number of anilines is 1. The molecular formula is C18H22N4O3. The van der Waals surface area contributed by atoms with Crippen LogP contribution in [0.15, 0.2) is 24.3 Å². The Morgan fingerprint density at radius 1 is 1.32 bits per heavy atom. The second-order valence-electron chi connectivity index (χ2n) is 6.40. The van der Waals surface area contributed by atoms with Crippen LogP contribution in [-0.4, -0.2) is 41.8 Å². The molecule has 2 rings (SSSR count). The molecule has 25 heavy (non-hydrogen) atoms. The maximum absolute atomic E-state index is 12.4. The van der Waals surface area contributed by atoms with E-state index in [2.05, 4.69) is 10.6 Å². The van der Waals surface area contributed by atoms with Crippen molar-refractivity contribution >= 4 is 23.4 Å². The van der Waals surface area contributed by atoms with E-state index in [4.69, 9.17) is 5.26 Å². The van der Waals surface area contributed by atoms with Crippen molar-refractivity contribution in [2.24, 2.45) is 5.92 Å². The van der Waals surface area contributed by atoms with Crippen LogP contribution in [0.5, 0.6) is 0 Å². The smallest absolute Gasteiger partial charge is 0.313 e. The minimum atomic E-state index is -0.745. The van der Waals surface area contributed by atoms with Crippen molar-refractivity contribution in [3.05, 3.63) is 29.8 Å². The maximum Gasteiger partial charge on any atom is 0.313 e. The molecule has 0 aromatic heterocycles. The molecule has 2 N–H and O–H groups in total. The molecule has 7 heteroatoms. The quantitative estimate of drug-likeness (QED) is 0.807. The zero-order chi connectivity index (χ0) is 18.4. The number of amides is 3. The van der Waals surface area contributed by atoms with E-state index in [9.17, 15) is 14.4 Å². The molecule has 0 unspecified atom stereocenters. The van der Waals surface area contributed by atoms with Gasteiger partial charge in [-0.1, -0.05) is 19.9 Å². The summed E-state index contributed by atoms with van der Waals surface area (Å²) in [6.07, 6.45) is 1.51. The molecule has 1 aliphatic rings. The standard InChI is InChI=1S/C18H22N4O3/c1-12(2)16(23)21-15-7-4-8-22(11-15)18(25)17(24)20-14-6-3-5-13(9-14)10-19/h3,5-6,9,12,15H,4,7-8,11H2,1-2H3,(H,20,24)(H,21,23)/t15-/m1/s1. The summed E-state index contributed by atoms with van der Waals surface area (Å²) in [4.78, 5) is 37.8. The number of piperidine rings is 1. The van der Waals surface area contributed by atoms with E-state index in [1.54, 1.807) is 18.2 Å². The Labute approximate surface area is 147 Å². The van der Waals surface area contributed by atoms with Crippen LogP contribution in [0.4, 0.5) is 5.69 Å². The van der Waals surface area contributed by atoms with Gasteiger partial charge in [-0.15, -0.1) is 0 Å². The molecule has 0 saturated carbocycles. The van der Waals surface area contributed by atoms with E-state index in [1.165, 1.54) is 11.0 Å². The van der Waals surface area contributed by atoms with Crippen molar-refractivity contribution in [1.29, 1.82) is 5.26 Å². The predicted molar refractivity (Wildman–Crippen MR) is 92.4 cm³/mol. The van der Waals surface area contributed by atoms with Crippen LogP contribution in [-0.2, 0) is 14.4 Å². The summed E-state index contributed by atoms with van der Waals surface area (Å²) in [5, 5.41) is 14.3. The zero-order valence-corrected chi connectivity index (χ0v) is 14.4. The molecule has 0 spiro atoms. The summed E-state index contributed by atoms with van der Waals surface area (Å²) in [5.41, 5.74) is 0.804. The Morgan fingerprint density at radius 2 is 2.08 bits per heavy atom. The van der Waals surface area contributed by atoms with Gasteiger partial charge < -0.3 is 15.5 Å². The van der Waals surface area contributed by atoms with E-state index in [0.717, 1.165) is 12.8 Å². The third-order valence-electron chi connectivity index (χ3n) is 4.02. The van der Waals surface area contributed by atoms with Gasteiger partial charge in [0, 0.05) is 30.7 Å². The lowest BCUT2D eigenvalue weighted by atomic mass is 10.0. The number of carbonyl (C=O) groups is 3. The fourth-order valence-corrected chi connectivity index (χ4v) is 2.64. The molecule has 0 bridgehead atoms. The Hall–Kier alpha value is -2.88. The van der Waals surface area contributed by atoms with E-state index < -0.39 is 11.8 Å². The lowest BCUT2D eigenvalue weighted by molar-refractivity contribution is -0.144. The largest absolute Gasteiger partial charge is 0.351 e. The van der Waals surface area contributed by atoms with Gasteiger partial charge in [-0.05, 0) is 31.0 Å². The molecule has 3 amide bonds. The SMILES string of the molecule is CC(C)C(=O)N[C@@H]1CCCN(C(=O)C(=O)Nc2cccc(C#N)c2)C1. The van der Waals surface area contributed by atoms with Crippen LogP contribution in [0.3, 0.4) is 0 Å². The number of nitrogens with one attached hydrogen (secondary N) is 2. The van der Waals surface area contributed by atoms with Crippen LogP contribution >= 0.6 is 0 Å². The molecule has 1 aliphatic heterocycles. The number of carbonyl (C=O) groups excluding carboxylic acids is 3. The van der Waals surface area contributed by atoms with Crippen LogP contribution in [0.2, 0.25) is 0 Å². The zero-order valence-electron chi connectivity index (χ0n) is 14.4. The molecular weight excluding hydrogens is 320 g/mol. The second-order valence-corrected chi connectivity index (χ2v) is 6.40. The van der Waals surface area contributed by atoms with Crippen molar-refractivity contribution < 1.29 is 14.4 Å². The van der Waals surface area contributed by atoms with Crippen molar-refractivity contribution in [2.75, 3.05) is 18.4 Å². The first kappa shape index (κ1) is 18.5. The van der Waals surface area contributed by atoms with Crippen LogP contribution < -0.4 is 10.6 Å². The molecule has 1 fully saturated rings.